The van der Waals surface area contributed by atoms with E-state index in [1.165, 1.54) is 11.8 Å². The summed E-state index contributed by atoms with van der Waals surface area (Å²) < 4.78 is 0. The van der Waals surface area contributed by atoms with Gasteiger partial charge in [0.25, 0.3) is 0 Å². The first-order valence-electron chi connectivity index (χ1n) is 6.13. The number of rotatable bonds is 4. The van der Waals surface area contributed by atoms with E-state index in [9.17, 15) is 9.59 Å². The number of nitrogens with two attached hydrogens (primary N) is 2. The Hall–Kier alpha value is -1.69. The molecule has 0 saturated carbocycles. The van der Waals surface area contributed by atoms with Crippen molar-refractivity contribution in [2.45, 2.75) is 12.8 Å². The zero-order valence-electron chi connectivity index (χ0n) is 10.6. The molecular formula is C13H17N3O2S. The second kappa shape index (κ2) is 5.97. The van der Waals surface area contributed by atoms with Crippen molar-refractivity contribution in [2.75, 3.05) is 28.7 Å². The zero-order valence-corrected chi connectivity index (χ0v) is 11.4. The van der Waals surface area contributed by atoms with Gasteiger partial charge in [-0.3, -0.25) is 9.59 Å². The van der Waals surface area contributed by atoms with Gasteiger partial charge in [0.15, 0.2) is 0 Å². The number of fused-ring (bicyclic) bond motifs is 1. The Morgan fingerprint density at radius 3 is 2.84 bits per heavy atom. The molecule has 1 aromatic carbocycles. The zero-order chi connectivity index (χ0) is 13.8. The summed E-state index contributed by atoms with van der Waals surface area (Å²) in [6.07, 6.45) is 1.81. The second-order valence-electron chi connectivity index (χ2n) is 4.45. The van der Waals surface area contributed by atoms with Crippen LogP contribution in [0.4, 0.5) is 11.4 Å². The van der Waals surface area contributed by atoms with Gasteiger partial charge in [-0.25, -0.2) is 0 Å². The minimum absolute atomic E-state index is 0.00204. The molecule has 0 saturated heterocycles. The van der Waals surface area contributed by atoms with Gasteiger partial charge in [0.2, 0.25) is 11.8 Å². The summed E-state index contributed by atoms with van der Waals surface area (Å²) in [5.41, 5.74) is 13.7. The summed E-state index contributed by atoms with van der Waals surface area (Å²) in [6, 6.07) is 5.63. The molecule has 0 radical (unpaired) electrons. The summed E-state index contributed by atoms with van der Waals surface area (Å²) >= 11 is 1.24. The summed E-state index contributed by atoms with van der Waals surface area (Å²) in [7, 11) is 0. The van der Waals surface area contributed by atoms with Crippen molar-refractivity contribution < 1.29 is 9.59 Å². The summed E-state index contributed by atoms with van der Waals surface area (Å²) in [5.74, 6) is 0.0273. The molecule has 4 N–H and O–H groups in total. The Morgan fingerprint density at radius 2 is 2.11 bits per heavy atom. The number of primary amides is 1. The third-order valence-corrected chi connectivity index (χ3v) is 4.00. The Labute approximate surface area is 116 Å². The van der Waals surface area contributed by atoms with E-state index in [4.69, 9.17) is 11.5 Å². The predicted molar refractivity (Wildman–Crippen MR) is 78.0 cm³/mol. The first kappa shape index (κ1) is 13.7. The van der Waals surface area contributed by atoms with Gasteiger partial charge in [-0.2, -0.15) is 0 Å². The van der Waals surface area contributed by atoms with Crippen LogP contribution in [0.5, 0.6) is 0 Å². The van der Waals surface area contributed by atoms with Crippen molar-refractivity contribution >= 4 is 35.0 Å². The average molecular weight is 279 g/mol. The first-order chi connectivity index (χ1) is 9.09. The highest BCUT2D eigenvalue weighted by molar-refractivity contribution is 8.00. The number of amides is 2. The van der Waals surface area contributed by atoms with Crippen LogP contribution in [0.1, 0.15) is 12.0 Å². The van der Waals surface area contributed by atoms with Gasteiger partial charge < -0.3 is 16.4 Å². The molecule has 0 spiro atoms. The largest absolute Gasteiger partial charge is 0.398 e. The monoisotopic (exact) mass is 279 g/mol. The van der Waals surface area contributed by atoms with Crippen molar-refractivity contribution in [3.8, 4) is 0 Å². The SMILES string of the molecule is NC(=O)CSCC(=O)N1CCCc2c(N)cccc21. The molecule has 2 amide bonds. The lowest BCUT2D eigenvalue weighted by atomic mass is 10.00. The Morgan fingerprint density at radius 1 is 1.32 bits per heavy atom. The molecule has 5 nitrogen and oxygen atoms in total. The standard InChI is InChI=1S/C13H17N3O2S/c14-10-4-1-5-11-9(10)3-2-6-16(11)13(18)8-19-7-12(15)17/h1,4-5H,2-3,6-8,14H2,(H2,15,17). The fraction of sp³-hybridized carbons (Fsp3) is 0.385. The maximum atomic E-state index is 12.2. The van der Waals surface area contributed by atoms with Crippen LogP contribution in [0.2, 0.25) is 0 Å². The molecule has 1 aliphatic heterocycles. The number of hydrogen-bond donors (Lipinski definition) is 2. The lowest BCUT2D eigenvalue weighted by molar-refractivity contribution is -0.116. The van der Waals surface area contributed by atoms with E-state index >= 15 is 0 Å². The number of nitrogen functional groups attached to an aromatic ring is 1. The molecule has 0 unspecified atom stereocenters. The van der Waals surface area contributed by atoms with Crippen LogP contribution in [-0.4, -0.2) is 29.9 Å². The summed E-state index contributed by atoms with van der Waals surface area (Å²) in [5, 5.41) is 0. The molecule has 19 heavy (non-hydrogen) atoms. The van der Waals surface area contributed by atoms with Crippen LogP contribution in [0.25, 0.3) is 0 Å². The van der Waals surface area contributed by atoms with Gasteiger partial charge in [-0.1, -0.05) is 6.07 Å². The molecule has 0 aliphatic carbocycles. The number of thioether (sulfide) groups is 1. The van der Waals surface area contributed by atoms with Crippen molar-refractivity contribution in [3.63, 3.8) is 0 Å². The van der Waals surface area contributed by atoms with Crippen LogP contribution in [0.3, 0.4) is 0 Å². The van der Waals surface area contributed by atoms with Gasteiger partial charge >= 0.3 is 0 Å². The summed E-state index contributed by atoms with van der Waals surface area (Å²) in [4.78, 5) is 24.6. The van der Waals surface area contributed by atoms with E-state index in [1.54, 1.807) is 4.90 Å². The number of benzene rings is 1. The van der Waals surface area contributed by atoms with Crippen LogP contribution in [0.15, 0.2) is 18.2 Å². The number of carbonyl (C=O) groups excluding carboxylic acids is 2. The molecule has 2 rings (SSSR count). The number of nitrogens with zero attached hydrogens (tertiary/aromatic N) is 1. The van der Waals surface area contributed by atoms with Crippen molar-refractivity contribution in [1.29, 1.82) is 0 Å². The molecule has 1 aromatic rings. The minimum Gasteiger partial charge on any atom is -0.398 e. The van der Waals surface area contributed by atoms with Crippen molar-refractivity contribution in [2.24, 2.45) is 5.73 Å². The van der Waals surface area contributed by atoms with Gasteiger partial charge in [0.1, 0.15) is 0 Å². The molecule has 1 aliphatic rings. The van der Waals surface area contributed by atoms with E-state index in [-0.39, 0.29) is 17.4 Å². The fourth-order valence-corrected chi connectivity index (χ4v) is 2.86. The number of anilines is 2. The maximum absolute atomic E-state index is 12.2. The molecule has 0 atom stereocenters. The summed E-state index contributed by atoms with van der Waals surface area (Å²) in [6.45, 7) is 0.701. The third kappa shape index (κ3) is 3.20. The van der Waals surface area contributed by atoms with Gasteiger partial charge in [0.05, 0.1) is 11.5 Å². The normalized spacial score (nSPS) is 14.0. The molecule has 102 valence electrons. The van der Waals surface area contributed by atoms with E-state index in [1.807, 2.05) is 18.2 Å². The third-order valence-electron chi connectivity index (χ3n) is 3.06. The highest BCUT2D eigenvalue weighted by Crippen LogP contribution is 2.31. The van der Waals surface area contributed by atoms with Gasteiger partial charge in [-0.15, -0.1) is 11.8 Å². The molecule has 1 heterocycles. The van der Waals surface area contributed by atoms with Crippen LogP contribution in [-0.2, 0) is 16.0 Å². The highest BCUT2D eigenvalue weighted by atomic mass is 32.2. The van der Waals surface area contributed by atoms with E-state index in [0.29, 0.717) is 6.54 Å². The predicted octanol–water partition coefficient (Wildman–Crippen LogP) is 0.767. The molecule has 0 aromatic heterocycles. The van der Waals surface area contributed by atoms with Crippen LogP contribution in [0, 0.1) is 0 Å². The van der Waals surface area contributed by atoms with E-state index in [2.05, 4.69) is 0 Å². The average Bonchev–Trinajstić information content (AvgIpc) is 2.38. The lowest BCUT2D eigenvalue weighted by Gasteiger charge is -2.30. The minimum atomic E-state index is -0.402. The number of carbonyl (C=O) groups is 2. The molecular weight excluding hydrogens is 262 g/mol. The number of hydrogen-bond acceptors (Lipinski definition) is 4. The first-order valence-corrected chi connectivity index (χ1v) is 7.29. The Kier molecular flexibility index (Phi) is 4.31. The fourth-order valence-electron chi connectivity index (χ4n) is 2.23. The quantitative estimate of drug-likeness (QED) is 0.797. The maximum Gasteiger partial charge on any atom is 0.236 e. The van der Waals surface area contributed by atoms with Crippen LogP contribution < -0.4 is 16.4 Å². The molecule has 0 fully saturated rings. The van der Waals surface area contributed by atoms with Crippen molar-refractivity contribution in [1.82, 2.24) is 0 Å². The highest BCUT2D eigenvalue weighted by Gasteiger charge is 2.23. The smallest absolute Gasteiger partial charge is 0.236 e. The van der Waals surface area contributed by atoms with Crippen molar-refractivity contribution in [3.05, 3.63) is 23.8 Å². The Bertz CT molecular complexity index is 505. The molecule has 6 heteroatoms. The lowest BCUT2D eigenvalue weighted by Crippen LogP contribution is -2.37. The van der Waals surface area contributed by atoms with E-state index < -0.39 is 5.91 Å². The second-order valence-corrected chi connectivity index (χ2v) is 5.44. The van der Waals surface area contributed by atoms with E-state index in [0.717, 1.165) is 29.8 Å². The Balaban J connectivity index is 2.08. The van der Waals surface area contributed by atoms with Gasteiger partial charge in [0, 0.05) is 17.9 Å². The molecule has 0 bridgehead atoms. The van der Waals surface area contributed by atoms with Crippen LogP contribution >= 0.6 is 11.8 Å². The van der Waals surface area contributed by atoms with Gasteiger partial charge in [-0.05, 0) is 30.5 Å². The topological polar surface area (TPSA) is 89.4 Å².